The maximum atomic E-state index is 6.13. The molecule has 0 aliphatic rings. The Morgan fingerprint density at radius 1 is 1.40 bits per heavy atom. The molecule has 1 aromatic heterocycles. The Labute approximate surface area is 111 Å². The Bertz CT molecular complexity index is 482. The Morgan fingerprint density at radius 2 is 2.20 bits per heavy atom. The molecule has 1 heterocycles. The number of rotatable bonds is 2. The van der Waals surface area contributed by atoms with Crippen LogP contribution in [0.1, 0.15) is 5.56 Å². The first-order valence-corrected chi connectivity index (χ1v) is 6.25. The fourth-order valence-corrected chi connectivity index (χ4v) is 2.10. The van der Waals surface area contributed by atoms with Crippen LogP contribution >= 0.6 is 45.8 Å². The largest absolute Gasteiger partial charge is 0.238 e. The van der Waals surface area contributed by atoms with Crippen LogP contribution in [0.3, 0.4) is 0 Å². The molecule has 5 heteroatoms. The second-order valence-corrected chi connectivity index (χ2v) is 4.94. The molecule has 0 saturated heterocycles. The van der Waals surface area contributed by atoms with Crippen molar-refractivity contribution in [1.82, 2.24) is 9.78 Å². The first kappa shape index (κ1) is 11.2. The van der Waals surface area contributed by atoms with Crippen molar-refractivity contribution in [3.63, 3.8) is 0 Å². The first-order chi connectivity index (χ1) is 7.20. The molecule has 1 aromatic carbocycles. The third kappa shape index (κ3) is 2.46. The van der Waals surface area contributed by atoms with Crippen molar-refractivity contribution >= 4 is 45.8 Å². The van der Waals surface area contributed by atoms with Gasteiger partial charge in [0.05, 0.1) is 20.5 Å². The summed E-state index contributed by atoms with van der Waals surface area (Å²) >= 11 is 14.1. The molecule has 0 fully saturated rings. The van der Waals surface area contributed by atoms with Crippen molar-refractivity contribution in [3.05, 3.63) is 44.7 Å². The molecule has 0 N–H and O–H groups in total. The summed E-state index contributed by atoms with van der Waals surface area (Å²) < 4.78 is 2.83. The van der Waals surface area contributed by atoms with E-state index in [0.717, 1.165) is 14.8 Å². The highest BCUT2D eigenvalue weighted by Gasteiger charge is 2.04. The predicted molar refractivity (Wildman–Crippen MR) is 70.8 cm³/mol. The lowest BCUT2D eigenvalue weighted by Crippen LogP contribution is -1.95. The Balaban J connectivity index is 2.45. The van der Waals surface area contributed by atoms with Crippen LogP contribution in [0.15, 0.2) is 30.6 Å². The fourth-order valence-electron chi connectivity index (χ4n) is 1.25. The number of hydrogen-bond donors (Lipinski definition) is 0. The van der Waals surface area contributed by atoms with Gasteiger partial charge in [0.25, 0.3) is 0 Å². The van der Waals surface area contributed by atoms with Gasteiger partial charge in [0.1, 0.15) is 0 Å². The summed E-state index contributed by atoms with van der Waals surface area (Å²) in [5.41, 5.74) is 1.88. The Kier molecular flexibility index (Phi) is 3.53. The molecule has 0 bridgehead atoms. The topological polar surface area (TPSA) is 17.8 Å². The van der Waals surface area contributed by atoms with Crippen LogP contribution in [0.4, 0.5) is 0 Å². The van der Waals surface area contributed by atoms with Crippen LogP contribution in [0.25, 0.3) is 5.69 Å². The van der Waals surface area contributed by atoms with Crippen LogP contribution in [0.5, 0.6) is 0 Å². The first-order valence-electron chi connectivity index (χ1n) is 4.25. The van der Waals surface area contributed by atoms with Gasteiger partial charge < -0.3 is 0 Å². The minimum Gasteiger partial charge on any atom is -0.238 e. The molecular formula is C10H7Cl2IN2. The van der Waals surface area contributed by atoms with Crippen molar-refractivity contribution in [3.8, 4) is 5.69 Å². The second kappa shape index (κ2) is 4.72. The van der Waals surface area contributed by atoms with Gasteiger partial charge in [0.15, 0.2) is 0 Å². The van der Waals surface area contributed by atoms with Gasteiger partial charge in [0.2, 0.25) is 0 Å². The summed E-state index contributed by atoms with van der Waals surface area (Å²) in [7, 11) is 0. The van der Waals surface area contributed by atoms with E-state index in [1.54, 1.807) is 10.9 Å². The van der Waals surface area contributed by atoms with E-state index in [9.17, 15) is 0 Å². The lowest BCUT2D eigenvalue weighted by Gasteiger charge is -2.05. The second-order valence-electron chi connectivity index (χ2n) is 3.02. The zero-order valence-corrected chi connectivity index (χ0v) is 11.3. The van der Waals surface area contributed by atoms with Crippen molar-refractivity contribution in [2.75, 3.05) is 0 Å². The Morgan fingerprint density at radius 3 is 2.73 bits per heavy atom. The van der Waals surface area contributed by atoms with Gasteiger partial charge in [-0.05, 0) is 40.3 Å². The molecule has 0 unspecified atom stereocenters. The lowest BCUT2D eigenvalue weighted by atomic mass is 10.2. The molecule has 0 spiro atoms. The van der Waals surface area contributed by atoms with E-state index in [0.29, 0.717) is 10.9 Å². The van der Waals surface area contributed by atoms with E-state index in [4.69, 9.17) is 23.2 Å². The molecule has 2 aromatic rings. The molecule has 0 atom stereocenters. The van der Waals surface area contributed by atoms with E-state index >= 15 is 0 Å². The van der Waals surface area contributed by atoms with Gasteiger partial charge in [-0.1, -0.05) is 17.7 Å². The average molecular weight is 353 g/mol. The summed E-state index contributed by atoms with van der Waals surface area (Å²) in [5, 5.41) is 4.85. The number of nitrogens with zero attached hydrogens (tertiary/aromatic N) is 2. The van der Waals surface area contributed by atoms with Crippen molar-refractivity contribution in [2.45, 2.75) is 5.88 Å². The molecule has 0 amide bonds. The maximum Gasteiger partial charge on any atom is 0.0832 e. The predicted octanol–water partition coefficient (Wildman–Crippen LogP) is 3.87. The molecule has 2 nitrogen and oxygen atoms in total. The lowest BCUT2D eigenvalue weighted by molar-refractivity contribution is 0.880. The van der Waals surface area contributed by atoms with Gasteiger partial charge in [-0.2, -0.15) is 5.10 Å². The number of benzene rings is 1. The highest BCUT2D eigenvalue weighted by atomic mass is 127. The van der Waals surface area contributed by atoms with Crippen molar-refractivity contribution < 1.29 is 0 Å². The highest BCUT2D eigenvalue weighted by Crippen LogP contribution is 2.22. The number of hydrogen-bond acceptors (Lipinski definition) is 1. The highest BCUT2D eigenvalue weighted by molar-refractivity contribution is 14.1. The van der Waals surface area contributed by atoms with Gasteiger partial charge in [-0.25, -0.2) is 4.68 Å². The molecule has 2 rings (SSSR count). The summed E-state index contributed by atoms with van der Waals surface area (Å²) in [6.07, 6.45) is 3.70. The quantitative estimate of drug-likeness (QED) is 0.592. The van der Waals surface area contributed by atoms with E-state index in [1.807, 2.05) is 24.4 Å². The van der Waals surface area contributed by atoms with Crippen LogP contribution in [0.2, 0.25) is 5.02 Å². The van der Waals surface area contributed by atoms with Crippen LogP contribution in [-0.2, 0) is 5.88 Å². The fraction of sp³-hybridized carbons (Fsp3) is 0.100. The van der Waals surface area contributed by atoms with Gasteiger partial charge in [-0.3, -0.25) is 0 Å². The van der Waals surface area contributed by atoms with Crippen molar-refractivity contribution in [1.29, 1.82) is 0 Å². The SMILES string of the molecule is ClCc1ccc(-n2cc(I)cn2)c(Cl)c1. The molecule has 0 radical (unpaired) electrons. The maximum absolute atomic E-state index is 6.13. The van der Waals surface area contributed by atoms with Crippen molar-refractivity contribution in [2.24, 2.45) is 0 Å². The van der Waals surface area contributed by atoms with Crippen LogP contribution < -0.4 is 0 Å². The third-order valence-corrected chi connectivity index (χ3v) is 3.13. The molecule has 0 saturated carbocycles. The minimum absolute atomic E-state index is 0.469. The summed E-state index contributed by atoms with van der Waals surface area (Å²) in [5.74, 6) is 0.469. The van der Waals surface area contributed by atoms with Gasteiger partial charge in [-0.15, -0.1) is 11.6 Å². The van der Waals surface area contributed by atoms with E-state index in [2.05, 4.69) is 27.7 Å². The number of halogens is 3. The number of aromatic nitrogens is 2. The van der Waals surface area contributed by atoms with Crippen LogP contribution in [0, 0.1) is 3.57 Å². The summed E-state index contributed by atoms with van der Waals surface area (Å²) in [4.78, 5) is 0. The summed E-state index contributed by atoms with van der Waals surface area (Å²) in [6, 6.07) is 5.73. The minimum atomic E-state index is 0.469. The zero-order valence-electron chi connectivity index (χ0n) is 7.62. The summed E-state index contributed by atoms with van der Waals surface area (Å²) in [6.45, 7) is 0. The molecule has 0 aliphatic heterocycles. The molecule has 15 heavy (non-hydrogen) atoms. The van der Waals surface area contributed by atoms with E-state index < -0.39 is 0 Å². The van der Waals surface area contributed by atoms with Gasteiger partial charge >= 0.3 is 0 Å². The monoisotopic (exact) mass is 352 g/mol. The molecular weight excluding hydrogens is 346 g/mol. The molecule has 78 valence electrons. The van der Waals surface area contributed by atoms with Crippen LogP contribution in [-0.4, -0.2) is 9.78 Å². The third-order valence-electron chi connectivity index (χ3n) is 1.96. The smallest absolute Gasteiger partial charge is 0.0832 e. The van der Waals surface area contributed by atoms with E-state index in [1.165, 1.54) is 0 Å². The normalized spacial score (nSPS) is 10.6. The zero-order chi connectivity index (χ0) is 10.8. The Hall–Kier alpha value is -0.260. The number of alkyl halides is 1. The standard InChI is InChI=1S/C10H7Cl2IN2/c11-4-7-1-2-10(9(12)3-7)15-6-8(13)5-14-15/h1-3,5-6H,4H2. The van der Waals surface area contributed by atoms with Gasteiger partial charge in [0, 0.05) is 12.1 Å². The molecule has 0 aliphatic carbocycles. The average Bonchev–Trinajstić information content (AvgIpc) is 2.64. The van der Waals surface area contributed by atoms with E-state index in [-0.39, 0.29) is 0 Å².